The van der Waals surface area contributed by atoms with Crippen LogP contribution in [0, 0.1) is 5.92 Å². The summed E-state index contributed by atoms with van der Waals surface area (Å²) in [6.07, 6.45) is 1.91. The number of hydrogen-bond donors (Lipinski definition) is 2. The highest BCUT2D eigenvalue weighted by atomic mass is 16.6. The first kappa shape index (κ1) is 12.3. The predicted molar refractivity (Wildman–Crippen MR) is 59.8 cm³/mol. The van der Waals surface area contributed by atoms with Crippen LogP contribution in [-0.4, -0.2) is 31.3 Å². The van der Waals surface area contributed by atoms with Gasteiger partial charge in [0.1, 0.15) is 5.60 Å². The van der Waals surface area contributed by atoms with Crippen molar-refractivity contribution in [1.82, 2.24) is 10.6 Å². The van der Waals surface area contributed by atoms with Gasteiger partial charge in [0, 0.05) is 6.54 Å². The van der Waals surface area contributed by atoms with Crippen LogP contribution < -0.4 is 10.6 Å². The molecule has 0 aromatic carbocycles. The van der Waals surface area contributed by atoms with Crippen molar-refractivity contribution in [1.29, 1.82) is 0 Å². The number of ether oxygens (including phenoxy) is 1. The van der Waals surface area contributed by atoms with E-state index in [1.165, 1.54) is 6.42 Å². The lowest BCUT2D eigenvalue weighted by Crippen LogP contribution is -2.42. The van der Waals surface area contributed by atoms with Crippen LogP contribution in [0.3, 0.4) is 0 Å². The SMILES string of the molecule is CC(C)(C)OC(=O)NCCCC1CNC1. The van der Waals surface area contributed by atoms with Crippen LogP contribution in [0.5, 0.6) is 0 Å². The fraction of sp³-hybridized carbons (Fsp3) is 0.909. The fourth-order valence-corrected chi connectivity index (χ4v) is 1.45. The number of rotatable bonds is 4. The average molecular weight is 214 g/mol. The molecular formula is C11H22N2O2. The Morgan fingerprint density at radius 1 is 1.47 bits per heavy atom. The first-order valence-electron chi connectivity index (χ1n) is 5.65. The summed E-state index contributed by atoms with van der Waals surface area (Å²) in [5.41, 5.74) is -0.401. The lowest BCUT2D eigenvalue weighted by Gasteiger charge is -2.27. The Hall–Kier alpha value is -0.770. The van der Waals surface area contributed by atoms with E-state index >= 15 is 0 Å². The molecule has 1 saturated heterocycles. The van der Waals surface area contributed by atoms with E-state index in [2.05, 4.69) is 10.6 Å². The Kier molecular flexibility index (Phi) is 4.39. The van der Waals surface area contributed by atoms with E-state index in [4.69, 9.17) is 4.74 Å². The molecule has 4 heteroatoms. The molecule has 1 aliphatic heterocycles. The Morgan fingerprint density at radius 3 is 2.60 bits per heavy atom. The molecule has 2 N–H and O–H groups in total. The zero-order valence-electron chi connectivity index (χ0n) is 9.93. The second-order valence-corrected chi connectivity index (χ2v) is 5.10. The molecule has 15 heavy (non-hydrogen) atoms. The molecule has 0 saturated carbocycles. The predicted octanol–water partition coefficient (Wildman–Crippen LogP) is 1.51. The number of amides is 1. The molecule has 1 amide bonds. The number of hydrogen-bond acceptors (Lipinski definition) is 3. The van der Waals surface area contributed by atoms with E-state index in [0.717, 1.165) is 25.4 Å². The van der Waals surface area contributed by atoms with Crippen LogP contribution in [-0.2, 0) is 4.74 Å². The minimum Gasteiger partial charge on any atom is -0.444 e. The fourth-order valence-electron chi connectivity index (χ4n) is 1.45. The Bertz CT molecular complexity index is 207. The van der Waals surface area contributed by atoms with E-state index in [1.807, 2.05) is 20.8 Å². The molecule has 4 nitrogen and oxygen atoms in total. The third-order valence-corrected chi connectivity index (χ3v) is 2.32. The highest BCUT2D eigenvalue weighted by Gasteiger charge is 2.17. The quantitative estimate of drug-likeness (QED) is 0.697. The molecule has 1 heterocycles. The molecule has 1 rings (SSSR count). The molecular weight excluding hydrogens is 192 g/mol. The van der Waals surface area contributed by atoms with Gasteiger partial charge in [-0.1, -0.05) is 0 Å². The molecule has 0 atom stereocenters. The van der Waals surface area contributed by atoms with Gasteiger partial charge in [0.05, 0.1) is 0 Å². The second-order valence-electron chi connectivity index (χ2n) is 5.10. The van der Waals surface area contributed by atoms with Crippen LogP contribution in [0.15, 0.2) is 0 Å². The average Bonchev–Trinajstić information content (AvgIpc) is 1.96. The van der Waals surface area contributed by atoms with Crippen LogP contribution in [0.2, 0.25) is 0 Å². The highest BCUT2D eigenvalue weighted by molar-refractivity contribution is 5.67. The lowest BCUT2D eigenvalue weighted by molar-refractivity contribution is 0.0526. The van der Waals surface area contributed by atoms with Crippen LogP contribution in [0.1, 0.15) is 33.6 Å². The van der Waals surface area contributed by atoms with Gasteiger partial charge >= 0.3 is 6.09 Å². The molecule has 0 radical (unpaired) electrons. The van der Waals surface area contributed by atoms with Gasteiger partial charge in [-0.15, -0.1) is 0 Å². The van der Waals surface area contributed by atoms with Crippen molar-refractivity contribution in [3.05, 3.63) is 0 Å². The van der Waals surface area contributed by atoms with Crippen molar-refractivity contribution in [2.24, 2.45) is 5.92 Å². The summed E-state index contributed by atoms with van der Waals surface area (Å²) in [6, 6.07) is 0. The Morgan fingerprint density at radius 2 is 2.13 bits per heavy atom. The van der Waals surface area contributed by atoms with Crippen molar-refractivity contribution < 1.29 is 9.53 Å². The zero-order chi connectivity index (χ0) is 11.3. The molecule has 0 bridgehead atoms. The summed E-state index contributed by atoms with van der Waals surface area (Å²) < 4.78 is 5.12. The summed E-state index contributed by atoms with van der Waals surface area (Å²) in [6.45, 7) is 8.58. The summed E-state index contributed by atoms with van der Waals surface area (Å²) >= 11 is 0. The van der Waals surface area contributed by atoms with E-state index < -0.39 is 5.60 Å². The monoisotopic (exact) mass is 214 g/mol. The van der Waals surface area contributed by atoms with Crippen molar-refractivity contribution in [2.75, 3.05) is 19.6 Å². The third-order valence-electron chi connectivity index (χ3n) is 2.32. The second kappa shape index (κ2) is 5.35. The zero-order valence-corrected chi connectivity index (χ0v) is 9.93. The largest absolute Gasteiger partial charge is 0.444 e. The summed E-state index contributed by atoms with van der Waals surface area (Å²) in [5, 5.41) is 5.99. The van der Waals surface area contributed by atoms with Gasteiger partial charge in [0.15, 0.2) is 0 Å². The molecule has 0 spiro atoms. The molecule has 0 aromatic rings. The normalized spacial score (nSPS) is 17.0. The Balaban J connectivity index is 1.96. The van der Waals surface area contributed by atoms with Crippen molar-refractivity contribution in [2.45, 2.75) is 39.2 Å². The van der Waals surface area contributed by atoms with Gasteiger partial charge in [-0.3, -0.25) is 0 Å². The maximum atomic E-state index is 11.2. The van der Waals surface area contributed by atoms with E-state index in [9.17, 15) is 4.79 Å². The first-order chi connectivity index (χ1) is 6.97. The van der Waals surface area contributed by atoms with Crippen LogP contribution in [0.4, 0.5) is 4.79 Å². The number of alkyl carbamates (subject to hydrolysis) is 1. The van der Waals surface area contributed by atoms with Gasteiger partial charge in [-0.2, -0.15) is 0 Å². The minimum absolute atomic E-state index is 0.311. The van der Waals surface area contributed by atoms with Crippen molar-refractivity contribution >= 4 is 6.09 Å². The smallest absolute Gasteiger partial charge is 0.407 e. The van der Waals surface area contributed by atoms with Gasteiger partial charge < -0.3 is 15.4 Å². The number of carbonyl (C=O) groups is 1. The first-order valence-corrected chi connectivity index (χ1v) is 5.65. The van der Waals surface area contributed by atoms with Gasteiger partial charge in [0.25, 0.3) is 0 Å². The summed E-state index contributed by atoms with van der Waals surface area (Å²) in [4.78, 5) is 11.2. The molecule has 88 valence electrons. The molecule has 0 aliphatic carbocycles. The number of nitrogens with one attached hydrogen (secondary N) is 2. The highest BCUT2D eigenvalue weighted by Crippen LogP contribution is 2.10. The molecule has 1 aliphatic rings. The maximum Gasteiger partial charge on any atom is 0.407 e. The Labute approximate surface area is 91.8 Å². The number of carbonyl (C=O) groups excluding carboxylic acids is 1. The van der Waals surface area contributed by atoms with E-state index in [0.29, 0.717) is 6.54 Å². The van der Waals surface area contributed by atoms with Crippen LogP contribution >= 0.6 is 0 Å². The maximum absolute atomic E-state index is 11.2. The standard InChI is InChI=1S/C11H22N2O2/c1-11(2,3)15-10(14)13-6-4-5-9-7-12-8-9/h9,12H,4-8H2,1-3H3,(H,13,14). The molecule has 0 aromatic heterocycles. The van der Waals surface area contributed by atoms with Gasteiger partial charge in [0.2, 0.25) is 0 Å². The van der Waals surface area contributed by atoms with E-state index in [1.54, 1.807) is 0 Å². The minimum atomic E-state index is -0.401. The summed E-state index contributed by atoms with van der Waals surface area (Å²) in [7, 11) is 0. The summed E-state index contributed by atoms with van der Waals surface area (Å²) in [5.74, 6) is 0.811. The molecule has 0 unspecified atom stereocenters. The lowest BCUT2D eigenvalue weighted by atomic mass is 9.98. The third kappa shape index (κ3) is 5.62. The topological polar surface area (TPSA) is 50.4 Å². The molecule has 1 fully saturated rings. The van der Waals surface area contributed by atoms with Crippen molar-refractivity contribution in [3.63, 3.8) is 0 Å². The van der Waals surface area contributed by atoms with Crippen molar-refractivity contribution in [3.8, 4) is 0 Å². The van der Waals surface area contributed by atoms with Crippen LogP contribution in [0.25, 0.3) is 0 Å². The van der Waals surface area contributed by atoms with E-state index in [-0.39, 0.29) is 6.09 Å². The van der Waals surface area contributed by atoms with Gasteiger partial charge in [-0.05, 0) is 52.6 Å². The van der Waals surface area contributed by atoms with Gasteiger partial charge in [-0.25, -0.2) is 4.79 Å².